The molecule has 0 saturated carbocycles. The fraction of sp³-hybridized carbons (Fsp3) is 0.357. The zero-order valence-electron chi connectivity index (χ0n) is 12.6. The van der Waals surface area contributed by atoms with E-state index in [2.05, 4.69) is 10.4 Å². The summed E-state index contributed by atoms with van der Waals surface area (Å²) in [6, 6.07) is 6.50. The van der Waals surface area contributed by atoms with Gasteiger partial charge in [0.15, 0.2) is 0 Å². The van der Waals surface area contributed by atoms with E-state index >= 15 is 0 Å². The van der Waals surface area contributed by atoms with E-state index in [-0.39, 0.29) is 10.9 Å². The van der Waals surface area contributed by atoms with Crippen LogP contribution in [0.1, 0.15) is 29.9 Å². The number of nitrogens with zero attached hydrogens (tertiary/aromatic N) is 2. The van der Waals surface area contributed by atoms with Gasteiger partial charge in [0.25, 0.3) is 0 Å². The Hall–Kier alpha value is -1.86. The van der Waals surface area contributed by atoms with Crippen LogP contribution in [0.5, 0.6) is 0 Å². The van der Waals surface area contributed by atoms with Crippen LogP contribution in [0.4, 0.5) is 5.69 Å². The van der Waals surface area contributed by atoms with Crippen LogP contribution in [0.2, 0.25) is 0 Å². The van der Waals surface area contributed by atoms with Gasteiger partial charge in [-0.1, -0.05) is 6.07 Å². The standard InChI is InChI=1S/C14H20N4O2S/c1-9(14-10(2)17-18(4)11(14)3)16-12-6-5-7-13(8-12)21(15,19)20/h5-9,16H,1-4H3,(H2,15,19,20). The summed E-state index contributed by atoms with van der Waals surface area (Å²) in [6.45, 7) is 5.98. The Kier molecular flexibility index (Phi) is 4.06. The zero-order chi connectivity index (χ0) is 15.8. The van der Waals surface area contributed by atoms with Crippen molar-refractivity contribution in [3.05, 3.63) is 41.2 Å². The maximum atomic E-state index is 11.4. The highest BCUT2D eigenvalue weighted by molar-refractivity contribution is 7.89. The Morgan fingerprint density at radius 2 is 2.00 bits per heavy atom. The average molecular weight is 308 g/mol. The maximum absolute atomic E-state index is 11.4. The van der Waals surface area contributed by atoms with E-state index in [0.29, 0.717) is 5.69 Å². The molecule has 0 aliphatic carbocycles. The summed E-state index contributed by atoms with van der Waals surface area (Å²) in [5, 5.41) is 12.8. The van der Waals surface area contributed by atoms with Gasteiger partial charge < -0.3 is 5.32 Å². The van der Waals surface area contributed by atoms with Crippen molar-refractivity contribution in [3.8, 4) is 0 Å². The van der Waals surface area contributed by atoms with Crippen molar-refractivity contribution in [3.63, 3.8) is 0 Å². The molecule has 7 heteroatoms. The minimum Gasteiger partial charge on any atom is -0.378 e. The van der Waals surface area contributed by atoms with E-state index in [1.165, 1.54) is 12.1 Å². The largest absolute Gasteiger partial charge is 0.378 e. The molecule has 21 heavy (non-hydrogen) atoms. The molecule has 0 amide bonds. The van der Waals surface area contributed by atoms with Crippen LogP contribution in [0.25, 0.3) is 0 Å². The number of aryl methyl sites for hydroxylation is 2. The molecular formula is C14H20N4O2S. The van der Waals surface area contributed by atoms with E-state index in [1.807, 2.05) is 38.6 Å². The van der Waals surface area contributed by atoms with E-state index in [1.54, 1.807) is 6.07 Å². The average Bonchev–Trinajstić information content (AvgIpc) is 2.62. The molecule has 0 saturated heterocycles. The van der Waals surface area contributed by atoms with Gasteiger partial charge >= 0.3 is 0 Å². The number of aromatic nitrogens is 2. The number of sulfonamides is 1. The van der Waals surface area contributed by atoms with Crippen molar-refractivity contribution in [2.24, 2.45) is 12.2 Å². The van der Waals surface area contributed by atoms with Crippen LogP contribution in [-0.4, -0.2) is 18.2 Å². The number of nitrogens with one attached hydrogen (secondary N) is 1. The number of hydrogen-bond acceptors (Lipinski definition) is 4. The van der Waals surface area contributed by atoms with E-state index in [9.17, 15) is 8.42 Å². The Balaban J connectivity index is 2.30. The number of primary sulfonamides is 1. The molecular weight excluding hydrogens is 288 g/mol. The summed E-state index contributed by atoms with van der Waals surface area (Å²) < 4.78 is 24.6. The quantitative estimate of drug-likeness (QED) is 0.902. The van der Waals surface area contributed by atoms with Crippen LogP contribution >= 0.6 is 0 Å². The van der Waals surface area contributed by atoms with E-state index in [4.69, 9.17) is 5.14 Å². The Labute approximate surface area is 125 Å². The van der Waals surface area contributed by atoms with Crippen LogP contribution in [0.15, 0.2) is 29.2 Å². The highest BCUT2D eigenvalue weighted by atomic mass is 32.2. The molecule has 0 spiro atoms. The molecule has 0 radical (unpaired) electrons. The first-order valence-electron chi connectivity index (χ1n) is 6.59. The molecule has 114 valence electrons. The molecule has 3 N–H and O–H groups in total. The fourth-order valence-electron chi connectivity index (χ4n) is 2.50. The topological polar surface area (TPSA) is 90.0 Å². The van der Waals surface area contributed by atoms with Gasteiger partial charge in [0, 0.05) is 24.0 Å². The van der Waals surface area contributed by atoms with Gasteiger partial charge in [-0.25, -0.2) is 13.6 Å². The Morgan fingerprint density at radius 3 is 2.52 bits per heavy atom. The van der Waals surface area contributed by atoms with Gasteiger partial charge in [0.2, 0.25) is 10.0 Å². The Bertz CT molecular complexity index is 765. The molecule has 0 bridgehead atoms. The predicted molar refractivity (Wildman–Crippen MR) is 82.5 cm³/mol. The molecule has 0 fully saturated rings. The minimum absolute atomic E-state index is 0.00873. The third kappa shape index (κ3) is 3.25. The SMILES string of the molecule is Cc1nn(C)c(C)c1C(C)Nc1cccc(S(N)(=O)=O)c1. The first-order chi connectivity index (χ1) is 9.70. The first kappa shape index (κ1) is 15.5. The smallest absolute Gasteiger partial charge is 0.238 e. The van der Waals surface area contributed by atoms with Gasteiger partial charge in [-0.2, -0.15) is 5.10 Å². The number of anilines is 1. The summed E-state index contributed by atoms with van der Waals surface area (Å²) in [5.74, 6) is 0. The van der Waals surface area contributed by atoms with Crippen molar-refractivity contribution >= 4 is 15.7 Å². The normalized spacial score (nSPS) is 13.2. The summed E-state index contributed by atoms with van der Waals surface area (Å²) in [7, 11) is -1.79. The van der Waals surface area contributed by atoms with Gasteiger partial charge in [0.05, 0.1) is 16.6 Å². The molecule has 2 aromatic rings. The number of rotatable bonds is 4. The molecule has 6 nitrogen and oxygen atoms in total. The van der Waals surface area contributed by atoms with Crippen LogP contribution in [-0.2, 0) is 17.1 Å². The van der Waals surface area contributed by atoms with Crippen molar-refractivity contribution in [2.45, 2.75) is 31.7 Å². The van der Waals surface area contributed by atoms with E-state index < -0.39 is 10.0 Å². The highest BCUT2D eigenvalue weighted by Crippen LogP contribution is 2.25. The van der Waals surface area contributed by atoms with Gasteiger partial charge in [-0.15, -0.1) is 0 Å². The lowest BCUT2D eigenvalue weighted by Crippen LogP contribution is -2.13. The number of nitrogens with two attached hydrogens (primary N) is 1. The van der Waals surface area contributed by atoms with Gasteiger partial charge in [-0.05, 0) is 39.0 Å². The third-order valence-corrected chi connectivity index (χ3v) is 4.45. The molecule has 1 aromatic heterocycles. The van der Waals surface area contributed by atoms with Crippen molar-refractivity contribution in [2.75, 3.05) is 5.32 Å². The predicted octanol–water partition coefficient (Wildman–Crippen LogP) is 1.86. The minimum atomic E-state index is -3.69. The molecule has 0 aliphatic rings. The molecule has 1 atom stereocenters. The lowest BCUT2D eigenvalue weighted by atomic mass is 10.1. The second-order valence-corrected chi connectivity index (χ2v) is 6.71. The summed E-state index contributed by atoms with van der Waals surface area (Å²) >= 11 is 0. The van der Waals surface area contributed by atoms with Crippen molar-refractivity contribution in [1.29, 1.82) is 0 Å². The molecule has 2 rings (SSSR count). The van der Waals surface area contributed by atoms with E-state index in [0.717, 1.165) is 17.0 Å². The summed E-state index contributed by atoms with van der Waals surface area (Å²) in [5.41, 5.74) is 3.85. The second kappa shape index (κ2) is 5.50. The molecule has 1 heterocycles. The van der Waals surface area contributed by atoms with Crippen molar-refractivity contribution in [1.82, 2.24) is 9.78 Å². The lowest BCUT2D eigenvalue weighted by molar-refractivity contribution is 0.598. The molecule has 1 unspecified atom stereocenters. The third-order valence-electron chi connectivity index (χ3n) is 3.54. The van der Waals surface area contributed by atoms with Crippen LogP contribution in [0.3, 0.4) is 0 Å². The number of benzene rings is 1. The van der Waals surface area contributed by atoms with Crippen LogP contribution < -0.4 is 10.5 Å². The fourth-order valence-corrected chi connectivity index (χ4v) is 3.06. The highest BCUT2D eigenvalue weighted by Gasteiger charge is 2.16. The first-order valence-corrected chi connectivity index (χ1v) is 8.14. The second-order valence-electron chi connectivity index (χ2n) is 5.15. The van der Waals surface area contributed by atoms with Crippen LogP contribution in [0, 0.1) is 13.8 Å². The van der Waals surface area contributed by atoms with Gasteiger partial charge in [0.1, 0.15) is 0 Å². The Morgan fingerprint density at radius 1 is 1.33 bits per heavy atom. The molecule has 1 aromatic carbocycles. The lowest BCUT2D eigenvalue weighted by Gasteiger charge is -2.16. The summed E-state index contributed by atoms with van der Waals surface area (Å²) in [6.07, 6.45) is 0. The van der Waals surface area contributed by atoms with Gasteiger partial charge in [-0.3, -0.25) is 4.68 Å². The number of hydrogen-bond donors (Lipinski definition) is 2. The zero-order valence-corrected chi connectivity index (χ0v) is 13.4. The summed E-state index contributed by atoms with van der Waals surface area (Å²) in [4.78, 5) is 0.0966. The monoisotopic (exact) mass is 308 g/mol. The maximum Gasteiger partial charge on any atom is 0.238 e. The van der Waals surface area contributed by atoms with Crippen molar-refractivity contribution < 1.29 is 8.42 Å². The molecule has 0 aliphatic heterocycles.